The van der Waals surface area contributed by atoms with E-state index in [9.17, 15) is 4.79 Å². The highest BCUT2D eigenvalue weighted by atomic mass is 16.5. The van der Waals surface area contributed by atoms with Crippen molar-refractivity contribution in [3.05, 3.63) is 59.7 Å². The molecule has 4 heteroatoms. The predicted molar refractivity (Wildman–Crippen MR) is 78.0 cm³/mol. The van der Waals surface area contributed by atoms with E-state index in [-0.39, 0.29) is 6.61 Å². The fourth-order valence-corrected chi connectivity index (χ4v) is 1.65. The Kier molecular flexibility index (Phi) is 4.50. The molecular formula is C16H15NO3. The quantitative estimate of drug-likeness (QED) is 0.848. The molecule has 0 aliphatic rings. The van der Waals surface area contributed by atoms with E-state index >= 15 is 0 Å². The minimum atomic E-state index is -0.991. The van der Waals surface area contributed by atoms with Crippen molar-refractivity contribution in [3.63, 3.8) is 0 Å². The van der Waals surface area contributed by atoms with E-state index in [0.29, 0.717) is 5.75 Å². The zero-order valence-corrected chi connectivity index (χ0v) is 11.1. The van der Waals surface area contributed by atoms with Gasteiger partial charge in [0, 0.05) is 6.21 Å². The molecule has 0 radical (unpaired) electrons. The first-order chi connectivity index (χ1) is 9.65. The highest BCUT2D eigenvalue weighted by molar-refractivity contribution is 5.82. The summed E-state index contributed by atoms with van der Waals surface area (Å²) in [7, 11) is 0. The topological polar surface area (TPSA) is 58.9 Å². The number of para-hydroxylation sites is 1. The van der Waals surface area contributed by atoms with E-state index < -0.39 is 5.97 Å². The van der Waals surface area contributed by atoms with Crippen LogP contribution in [0, 0.1) is 6.92 Å². The Bertz CT molecular complexity index is 618. The van der Waals surface area contributed by atoms with Crippen molar-refractivity contribution in [1.29, 1.82) is 0 Å². The first kappa shape index (κ1) is 13.8. The van der Waals surface area contributed by atoms with Crippen LogP contribution in [-0.4, -0.2) is 23.9 Å². The average Bonchev–Trinajstić information content (AvgIpc) is 2.45. The van der Waals surface area contributed by atoms with Gasteiger partial charge in [-0.2, -0.15) is 0 Å². The molecule has 0 unspecified atom stereocenters. The summed E-state index contributed by atoms with van der Waals surface area (Å²) in [5.41, 5.74) is 2.97. The van der Waals surface area contributed by atoms with Crippen LogP contribution in [0.3, 0.4) is 0 Å². The number of ether oxygens (including phenoxy) is 1. The Morgan fingerprint density at radius 2 is 1.90 bits per heavy atom. The molecule has 0 spiro atoms. The maximum Gasteiger partial charge on any atom is 0.341 e. The summed E-state index contributed by atoms with van der Waals surface area (Å²) >= 11 is 0. The lowest BCUT2D eigenvalue weighted by Gasteiger charge is -2.03. The van der Waals surface area contributed by atoms with Gasteiger partial charge in [0.1, 0.15) is 5.75 Å². The Labute approximate surface area is 117 Å². The van der Waals surface area contributed by atoms with E-state index in [1.54, 1.807) is 18.3 Å². The summed E-state index contributed by atoms with van der Waals surface area (Å²) in [6.45, 7) is 1.67. The molecule has 2 rings (SSSR count). The smallest absolute Gasteiger partial charge is 0.341 e. The fourth-order valence-electron chi connectivity index (χ4n) is 1.65. The predicted octanol–water partition coefficient (Wildman–Crippen LogP) is 3.21. The molecule has 20 heavy (non-hydrogen) atoms. The number of aliphatic imine (C=N–C) groups is 1. The zero-order valence-electron chi connectivity index (χ0n) is 11.1. The van der Waals surface area contributed by atoms with Crippen LogP contribution in [0.25, 0.3) is 0 Å². The van der Waals surface area contributed by atoms with Gasteiger partial charge >= 0.3 is 5.97 Å². The van der Waals surface area contributed by atoms with Crippen LogP contribution < -0.4 is 4.74 Å². The Morgan fingerprint density at radius 3 is 2.55 bits per heavy atom. The number of nitrogens with zero attached hydrogens (tertiary/aromatic N) is 1. The van der Waals surface area contributed by atoms with Gasteiger partial charge in [0.25, 0.3) is 0 Å². The van der Waals surface area contributed by atoms with Gasteiger partial charge in [-0.3, -0.25) is 4.99 Å². The third-order valence-corrected chi connectivity index (χ3v) is 2.71. The van der Waals surface area contributed by atoms with Crippen LogP contribution in [0.4, 0.5) is 5.69 Å². The number of carboxylic acid groups (broad SMARTS) is 1. The molecule has 2 aromatic carbocycles. The summed E-state index contributed by atoms with van der Waals surface area (Å²) in [6, 6.07) is 15.0. The second-order valence-corrected chi connectivity index (χ2v) is 4.30. The Hall–Kier alpha value is -2.62. The van der Waals surface area contributed by atoms with Crippen LogP contribution in [-0.2, 0) is 4.79 Å². The van der Waals surface area contributed by atoms with Crippen LogP contribution in [0.15, 0.2) is 53.5 Å². The third-order valence-electron chi connectivity index (χ3n) is 2.71. The second-order valence-electron chi connectivity index (χ2n) is 4.30. The average molecular weight is 269 g/mol. The molecule has 0 fully saturated rings. The summed E-state index contributed by atoms with van der Waals surface area (Å²) < 4.78 is 5.06. The molecule has 0 atom stereocenters. The largest absolute Gasteiger partial charge is 0.482 e. The lowest BCUT2D eigenvalue weighted by molar-refractivity contribution is -0.139. The van der Waals surface area contributed by atoms with Crippen molar-refractivity contribution in [2.75, 3.05) is 6.61 Å². The maximum absolute atomic E-state index is 10.4. The molecule has 2 aromatic rings. The highest BCUT2D eigenvalue weighted by Gasteiger charge is 1.99. The molecule has 1 N–H and O–H groups in total. The molecule has 0 heterocycles. The normalized spacial score (nSPS) is 10.7. The van der Waals surface area contributed by atoms with Gasteiger partial charge < -0.3 is 9.84 Å². The van der Waals surface area contributed by atoms with Crippen molar-refractivity contribution in [3.8, 4) is 5.75 Å². The molecule has 0 aliphatic carbocycles. The summed E-state index contributed by atoms with van der Waals surface area (Å²) in [5.74, 6) is -0.462. The van der Waals surface area contributed by atoms with Gasteiger partial charge in [-0.1, -0.05) is 18.2 Å². The molecule has 0 bridgehead atoms. The molecule has 102 valence electrons. The van der Waals surface area contributed by atoms with Crippen molar-refractivity contribution in [2.45, 2.75) is 6.92 Å². The van der Waals surface area contributed by atoms with Crippen LogP contribution in [0.5, 0.6) is 5.75 Å². The first-order valence-electron chi connectivity index (χ1n) is 6.19. The van der Waals surface area contributed by atoms with Crippen LogP contribution in [0.1, 0.15) is 11.1 Å². The van der Waals surface area contributed by atoms with E-state index in [1.807, 2.05) is 43.3 Å². The molecule has 0 aliphatic heterocycles. The van der Waals surface area contributed by atoms with Gasteiger partial charge in [-0.25, -0.2) is 4.79 Å². The van der Waals surface area contributed by atoms with Gasteiger partial charge in [0.05, 0.1) is 5.69 Å². The van der Waals surface area contributed by atoms with E-state index in [4.69, 9.17) is 9.84 Å². The van der Waals surface area contributed by atoms with Crippen LogP contribution in [0.2, 0.25) is 0 Å². The zero-order chi connectivity index (χ0) is 14.4. The van der Waals surface area contributed by atoms with Crippen molar-refractivity contribution < 1.29 is 14.6 Å². The SMILES string of the molecule is Cc1ccccc1N=Cc1ccc(OCC(=O)O)cc1. The van der Waals surface area contributed by atoms with Crippen molar-refractivity contribution >= 4 is 17.9 Å². The van der Waals surface area contributed by atoms with Crippen molar-refractivity contribution in [1.82, 2.24) is 0 Å². The summed E-state index contributed by atoms with van der Waals surface area (Å²) in [4.78, 5) is 14.8. The number of hydrogen-bond acceptors (Lipinski definition) is 3. The third kappa shape index (κ3) is 3.95. The fraction of sp³-hybridized carbons (Fsp3) is 0.125. The molecule has 4 nitrogen and oxygen atoms in total. The van der Waals surface area contributed by atoms with E-state index in [2.05, 4.69) is 4.99 Å². The Balaban J connectivity index is 2.04. The van der Waals surface area contributed by atoms with Crippen LogP contribution >= 0.6 is 0 Å². The number of carboxylic acids is 1. The highest BCUT2D eigenvalue weighted by Crippen LogP contribution is 2.17. The van der Waals surface area contributed by atoms with E-state index in [1.165, 1.54) is 0 Å². The first-order valence-corrected chi connectivity index (χ1v) is 6.19. The standard InChI is InChI=1S/C16H15NO3/c1-12-4-2-3-5-15(12)17-10-13-6-8-14(9-7-13)20-11-16(18)19/h2-10H,11H2,1H3,(H,18,19). The number of benzene rings is 2. The van der Waals surface area contributed by atoms with Gasteiger partial charge in [0.15, 0.2) is 6.61 Å². The number of carbonyl (C=O) groups is 1. The molecule has 0 saturated heterocycles. The number of rotatable bonds is 5. The second kappa shape index (κ2) is 6.52. The number of hydrogen-bond donors (Lipinski definition) is 1. The number of aliphatic carboxylic acids is 1. The van der Waals surface area contributed by atoms with Gasteiger partial charge in [0.2, 0.25) is 0 Å². The van der Waals surface area contributed by atoms with Gasteiger partial charge in [-0.15, -0.1) is 0 Å². The lowest BCUT2D eigenvalue weighted by Crippen LogP contribution is -2.09. The Morgan fingerprint density at radius 1 is 1.20 bits per heavy atom. The minimum absolute atomic E-state index is 0.337. The summed E-state index contributed by atoms with van der Waals surface area (Å²) in [6.07, 6.45) is 1.77. The van der Waals surface area contributed by atoms with Crippen molar-refractivity contribution in [2.24, 2.45) is 4.99 Å². The molecule has 0 amide bonds. The monoisotopic (exact) mass is 269 g/mol. The maximum atomic E-state index is 10.4. The molecule has 0 aromatic heterocycles. The van der Waals surface area contributed by atoms with E-state index in [0.717, 1.165) is 16.8 Å². The molecule has 0 saturated carbocycles. The number of aryl methyl sites for hydroxylation is 1. The minimum Gasteiger partial charge on any atom is -0.482 e. The van der Waals surface area contributed by atoms with Gasteiger partial charge in [-0.05, 0) is 48.4 Å². The molecular weight excluding hydrogens is 254 g/mol. The summed E-state index contributed by atoms with van der Waals surface area (Å²) in [5, 5.41) is 8.52. The lowest BCUT2D eigenvalue weighted by atomic mass is 10.2.